The Morgan fingerprint density at radius 2 is 2.00 bits per heavy atom. The zero-order valence-corrected chi connectivity index (χ0v) is 13.9. The number of ether oxygens (including phenoxy) is 1. The lowest BCUT2D eigenvalue weighted by atomic mass is 9.55. The lowest BCUT2D eigenvalue weighted by Crippen LogP contribution is -2.68. The molecule has 2 N–H and O–H groups in total. The molecule has 2 atom stereocenters. The summed E-state index contributed by atoms with van der Waals surface area (Å²) in [4.78, 5) is 14.6. The fraction of sp³-hybridized carbons (Fsp3) is 0.588. The fourth-order valence-electron chi connectivity index (χ4n) is 3.28. The molecule has 21 heavy (non-hydrogen) atoms. The van der Waals surface area contributed by atoms with Crippen molar-refractivity contribution in [2.24, 2.45) is 5.41 Å². The SMILES string of the molecule is COC1(C)CC(N(C)C(=O)c2cc(N)ccc2C)C1(C)C. The van der Waals surface area contributed by atoms with Crippen molar-refractivity contribution in [3.8, 4) is 0 Å². The number of aryl methyl sites for hydroxylation is 1. The van der Waals surface area contributed by atoms with Gasteiger partial charge in [0.15, 0.2) is 0 Å². The third kappa shape index (κ3) is 2.31. The van der Waals surface area contributed by atoms with E-state index in [0.29, 0.717) is 11.3 Å². The quantitative estimate of drug-likeness (QED) is 0.871. The average Bonchev–Trinajstić information content (AvgIpc) is 2.45. The minimum Gasteiger partial charge on any atom is -0.399 e. The van der Waals surface area contributed by atoms with Crippen molar-refractivity contribution in [1.29, 1.82) is 0 Å². The Labute approximate surface area is 127 Å². The van der Waals surface area contributed by atoms with Crippen LogP contribution in [0.1, 0.15) is 43.1 Å². The van der Waals surface area contributed by atoms with Gasteiger partial charge in [0.2, 0.25) is 0 Å². The van der Waals surface area contributed by atoms with Crippen molar-refractivity contribution in [3.05, 3.63) is 29.3 Å². The lowest BCUT2D eigenvalue weighted by molar-refractivity contribution is -0.198. The zero-order chi connectivity index (χ0) is 16.0. The summed E-state index contributed by atoms with van der Waals surface area (Å²) in [5.74, 6) is 0.0241. The molecule has 0 saturated heterocycles. The van der Waals surface area contributed by atoms with Crippen molar-refractivity contribution in [2.45, 2.75) is 45.8 Å². The number of nitrogen functional groups attached to an aromatic ring is 1. The van der Waals surface area contributed by atoms with Crippen LogP contribution in [0, 0.1) is 12.3 Å². The van der Waals surface area contributed by atoms with E-state index in [1.54, 1.807) is 13.2 Å². The molecule has 1 aliphatic rings. The predicted octanol–water partition coefficient (Wildman–Crippen LogP) is 2.85. The number of hydrogen-bond acceptors (Lipinski definition) is 3. The number of anilines is 1. The molecule has 0 bridgehead atoms. The molecule has 0 aromatic heterocycles. The van der Waals surface area contributed by atoms with Crippen LogP contribution in [0.15, 0.2) is 18.2 Å². The normalized spacial score (nSPS) is 27.0. The smallest absolute Gasteiger partial charge is 0.254 e. The summed E-state index contributed by atoms with van der Waals surface area (Å²) in [7, 11) is 3.61. The van der Waals surface area contributed by atoms with Gasteiger partial charge >= 0.3 is 0 Å². The lowest BCUT2D eigenvalue weighted by Gasteiger charge is -2.61. The van der Waals surface area contributed by atoms with Crippen molar-refractivity contribution < 1.29 is 9.53 Å². The largest absolute Gasteiger partial charge is 0.399 e. The molecule has 2 unspecified atom stereocenters. The molecule has 0 spiro atoms. The van der Waals surface area contributed by atoms with Crippen LogP contribution in [-0.2, 0) is 4.74 Å². The molecule has 0 aliphatic heterocycles. The molecule has 0 radical (unpaired) electrons. The van der Waals surface area contributed by atoms with Crippen LogP contribution in [0.4, 0.5) is 5.69 Å². The van der Waals surface area contributed by atoms with Crippen LogP contribution in [0.3, 0.4) is 0 Å². The molecule has 0 heterocycles. The van der Waals surface area contributed by atoms with Crippen LogP contribution < -0.4 is 5.73 Å². The van der Waals surface area contributed by atoms with E-state index in [2.05, 4.69) is 20.8 Å². The minimum atomic E-state index is -0.184. The summed E-state index contributed by atoms with van der Waals surface area (Å²) < 4.78 is 5.64. The molecule has 1 aromatic rings. The molecule has 4 heteroatoms. The number of nitrogens with two attached hydrogens (primary N) is 1. The van der Waals surface area contributed by atoms with Crippen LogP contribution in [0.25, 0.3) is 0 Å². The van der Waals surface area contributed by atoms with Gasteiger partial charge in [-0.15, -0.1) is 0 Å². The first-order valence-electron chi connectivity index (χ1n) is 7.32. The number of carbonyl (C=O) groups is 1. The van der Waals surface area contributed by atoms with Gasteiger partial charge in [0.1, 0.15) is 0 Å². The molecular formula is C17H26N2O2. The Morgan fingerprint density at radius 1 is 1.38 bits per heavy atom. The summed E-state index contributed by atoms with van der Waals surface area (Å²) in [6, 6.07) is 5.63. The van der Waals surface area contributed by atoms with Gasteiger partial charge in [-0.3, -0.25) is 4.79 Å². The average molecular weight is 290 g/mol. The van der Waals surface area contributed by atoms with Gasteiger partial charge in [-0.25, -0.2) is 0 Å². The van der Waals surface area contributed by atoms with Crippen molar-refractivity contribution in [2.75, 3.05) is 19.9 Å². The van der Waals surface area contributed by atoms with E-state index in [-0.39, 0.29) is 23.0 Å². The summed E-state index contributed by atoms with van der Waals surface area (Å²) in [5, 5.41) is 0. The monoisotopic (exact) mass is 290 g/mol. The third-order valence-corrected chi connectivity index (χ3v) is 5.51. The highest BCUT2D eigenvalue weighted by atomic mass is 16.5. The Kier molecular flexibility index (Phi) is 3.79. The predicted molar refractivity (Wildman–Crippen MR) is 85.3 cm³/mol. The summed E-state index contributed by atoms with van der Waals surface area (Å²) in [6.45, 7) is 8.35. The number of benzene rings is 1. The summed E-state index contributed by atoms with van der Waals surface area (Å²) in [6.07, 6.45) is 0.847. The number of methoxy groups -OCH3 is 1. The first kappa shape index (κ1) is 15.8. The maximum atomic E-state index is 12.8. The first-order chi connectivity index (χ1) is 9.64. The van der Waals surface area contributed by atoms with Gasteiger partial charge < -0.3 is 15.4 Å². The Hall–Kier alpha value is -1.55. The highest BCUT2D eigenvalue weighted by molar-refractivity contribution is 5.96. The van der Waals surface area contributed by atoms with Crippen molar-refractivity contribution in [3.63, 3.8) is 0 Å². The van der Waals surface area contributed by atoms with Gasteiger partial charge in [0.05, 0.1) is 5.60 Å². The zero-order valence-electron chi connectivity index (χ0n) is 13.9. The van der Waals surface area contributed by atoms with E-state index in [1.165, 1.54) is 0 Å². The number of rotatable bonds is 3. The molecule has 1 aromatic carbocycles. The van der Waals surface area contributed by atoms with Gasteiger partial charge in [0, 0.05) is 36.9 Å². The summed E-state index contributed by atoms with van der Waals surface area (Å²) in [5.41, 5.74) is 7.80. The molecule has 1 amide bonds. The fourth-order valence-corrected chi connectivity index (χ4v) is 3.28. The number of nitrogens with zero attached hydrogens (tertiary/aromatic N) is 1. The second-order valence-corrected chi connectivity index (χ2v) is 6.87. The second-order valence-electron chi connectivity index (χ2n) is 6.87. The highest BCUT2D eigenvalue weighted by Gasteiger charge is 2.59. The minimum absolute atomic E-state index is 0.0241. The number of hydrogen-bond donors (Lipinski definition) is 1. The van der Waals surface area contributed by atoms with Crippen LogP contribution in [-0.4, -0.2) is 36.6 Å². The van der Waals surface area contributed by atoms with E-state index < -0.39 is 0 Å². The first-order valence-corrected chi connectivity index (χ1v) is 7.32. The topological polar surface area (TPSA) is 55.6 Å². The van der Waals surface area contributed by atoms with E-state index in [0.717, 1.165) is 12.0 Å². The Morgan fingerprint density at radius 3 is 2.52 bits per heavy atom. The van der Waals surface area contributed by atoms with Crippen molar-refractivity contribution >= 4 is 11.6 Å². The Bertz CT molecular complexity index is 568. The maximum Gasteiger partial charge on any atom is 0.254 e. The van der Waals surface area contributed by atoms with Gasteiger partial charge in [-0.2, -0.15) is 0 Å². The van der Waals surface area contributed by atoms with Gasteiger partial charge in [-0.1, -0.05) is 19.9 Å². The van der Waals surface area contributed by atoms with Crippen LogP contribution in [0.5, 0.6) is 0 Å². The van der Waals surface area contributed by atoms with E-state index in [9.17, 15) is 4.79 Å². The molecule has 1 saturated carbocycles. The second kappa shape index (κ2) is 5.02. The number of amides is 1. The van der Waals surface area contributed by atoms with Gasteiger partial charge in [-0.05, 0) is 38.0 Å². The van der Waals surface area contributed by atoms with E-state index in [1.807, 2.05) is 31.0 Å². The Balaban J connectivity index is 2.24. The number of carbonyl (C=O) groups excluding carboxylic acids is 1. The van der Waals surface area contributed by atoms with Crippen LogP contribution in [0.2, 0.25) is 0 Å². The van der Waals surface area contributed by atoms with E-state index in [4.69, 9.17) is 10.5 Å². The highest BCUT2D eigenvalue weighted by Crippen LogP contribution is 2.53. The molecule has 4 nitrogen and oxygen atoms in total. The molecule has 2 rings (SSSR count). The van der Waals surface area contributed by atoms with E-state index >= 15 is 0 Å². The molecule has 1 fully saturated rings. The third-order valence-electron chi connectivity index (χ3n) is 5.51. The van der Waals surface area contributed by atoms with Crippen LogP contribution >= 0.6 is 0 Å². The molecule has 1 aliphatic carbocycles. The van der Waals surface area contributed by atoms with Crippen molar-refractivity contribution in [1.82, 2.24) is 4.90 Å². The van der Waals surface area contributed by atoms with Gasteiger partial charge in [0.25, 0.3) is 5.91 Å². The molecule has 116 valence electrons. The summed E-state index contributed by atoms with van der Waals surface area (Å²) >= 11 is 0. The maximum absolute atomic E-state index is 12.8. The molecular weight excluding hydrogens is 264 g/mol. The standard InChI is InChI=1S/C17H26N2O2/c1-11-7-8-12(18)9-13(11)15(20)19(5)14-10-17(4,21-6)16(14,2)3/h7-9,14H,10,18H2,1-6H3.